The van der Waals surface area contributed by atoms with E-state index in [1.165, 1.54) is 33.9 Å². The van der Waals surface area contributed by atoms with Crippen LogP contribution in [0.15, 0.2) is 45.5 Å². The smallest absolute Gasteiger partial charge is 0.340 e. The van der Waals surface area contributed by atoms with E-state index in [9.17, 15) is 18.0 Å². The Bertz CT molecular complexity index is 1130. The fourth-order valence-corrected chi connectivity index (χ4v) is 3.65. The molecule has 0 aliphatic rings. The Balaban J connectivity index is 1.83. The molecule has 0 unspecified atom stereocenters. The van der Waals surface area contributed by atoms with Crippen LogP contribution in [0.25, 0.3) is 4.96 Å². The van der Waals surface area contributed by atoms with Gasteiger partial charge in [0, 0.05) is 23.9 Å². The van der Waals surface area contributed by atoms with E-state index in [2.05, 4.69) is 4.98 Å². The van der Waals surface area contributed by atoms with Crippen molar-refractivity contribution in [1.29, 1.82) is 0 Å². The molecule has 0 aliphatic heterocycles. The maximum Gasteiger partial charge on any atom is 0.340 e. The molecule has 0 saturated heterocycles. The first-order valence-electron chi connectivity index (χ1n) is 6.88. The van der Waals surface area contributed by atoms with Gasteiger partial charge in [0.05, 0.1) is 21.2 Å². The van der Waals surface area contributed by atoms with Crippen molar-refractivity contribution in [1.82, 2.24) is 9.38 Å². The fourth-order valence-electron chi connectivity index (χ4n) is 2.07. The molecule has 130 valence electrons. The maximum absolute atomic E-state index is 12.2. The standard InChI is InChI=1S/C15H11ClN2O5S2/c1-25(21,22)10-2-3-12(16)11(7-10)14(20)23-8-9-6-13(19)18-4-5-24-15(18)17-9/h2-7H,8H2,1H3. The molecule has 3 aromatic rings. The summed E-state index contributed by atoms with van der Waals surface area (Å²) < 4.78 is 29.7. The van der Waals surface area contributed by atoms with E-state index in [4.69, 9.17) is 16.3 Å². The minimum absolute atomic E-state index is 0.0415. The maximum atomic E-state index is 12.2. The van der Waals surface area contributed by atoms with Crippen LogP contribution in [0.3, 0.4) is 0 Å². The second-order valence-corrected chi connectivity index (χ2v) is 8.43. The molecule has 7 nitrogen and oxygen atoms in total. The summed E-state index contributed by atoms with van der Waals surface area (Å²) in [6.07, 6.45) is 2.63. The predicted molar refractivity (Wildman–Crippen MR) is 93.0 cm³/mol. The van der Waals surface area contributed by atoms with Crippen molar-refractivity contribution in [3.8, 4) is 0 Å². The lowest BCUT2D eigenvalue weighted by Crippen LogP contribution is -2.15. The summed E-state index contributed by atoms with van der Waals surface area (Å²) in [5.41, 5.74) is -0.0656. The first-order valence-corrected chi connectivity index (χ1v) is 10.0. The summed E-state index contributed by atoms with van der Waals surface area (Å²) in [7, 11) is -3.49. The Morgan fingerprint density at radius 2 is 2.12 bits per heavy atom. The molecule has 0 fully saturated rings. The lowest BCUT2D eigenvalue weighted by atomic mass is 10.2. The van der Waals surface area contributed by atoms with Crippen molar-refractivity contribution in [2.24, 2.45) is 0 Å². The van der Waals surface area contributed by atoms with Gasteiger partial charge in [0.1, 0.15) is 6.61 Å². The number of esters is 1. The third kappa shape index (κ3) is 3.73. The van der Waals surface area contributed by atoms with Gasteiger partial charge in [-0.3, -0.25) is 9.20 Å². The van der Waals surface area contributed by atoms with E-state index in [0.717, 1.165) is 12.3 Å². The molecule has 0 radical (unpaired) electrons. The SMILES string of the molecule is CS(=O)(=O)c1ccc(Cl)c(C(=O)OCc2cc(=O)n3ccsc3n2)c1. The molecule has 1 aromatic carbocycles. The Hall–Kier alpha value is -2.23. The monoisotopic (exact) mass is 398 g/mol. The van der Waals surface area contributed by atoms with E-state index >= 15 is 0 Å². The topological polar surface area (TPSA) is 94.8 Å². The molecule has 25 heavy (non-hydrogen) atoms. The largest absolute Gasteiger partial charge is 0.456 e. The second kappa shape index (κ2) is 6.58. The van der Waals surface area contributed by atoms with Crippen LogP contribution < -0.4 is 5.56 Å². The molecule has 2 heterocycles. The highest BCUT2D eigenvalue weighted by atomic mass is 35.5. The van der Waals surface area contributed by atoms with Crippen molar-refractivity contribution in [2.45, 2.75) is 11.5 Å². The number of halogens is 1. The quantitative estimate of drug-likeness (QED) is 0.625. The summed E-state index contributed by atoms with van der Waals surface area (Å²) >= 11 is 7.23. The number of carbonyl (C=O) groups excluding carboxylic acids is 1. The van der Waals surface area contributed by atoms with Gasteiger partial charge in [-0.25, -0.2) is 18.2 Å². The van der Waals surface area contributed by atoms with Gasteiger partial charge in [0.25, 0.3) is 5.56 Å². The van der Waals surface area contributed by atoms with Gasteiger partial charge in [0.15, 0.2) is 14.8 Å². The molecule has 0 bridgehead atoms. The molecule has 0 atom stereocenters. The molecule has 0 amide bonds. The number of nitrogens with zero attached hydrogens (tertiary/aromatic N) is 2. The van der Waals surface area contributed by atoms with Gasteiger partial charge in [-0.2, -0.15) is 0 Å². The molecule has 3 rings (SSSR count). The summed E-state index contributed by atoms with van der Waals surface area (Å²) in [5.74, 6) is -0.802. The first-order chi connectivity index (χ1) is 11.8. The third-order valence-corrected chi connectivity index (χ3v) is 5.49. The van der Waals surface area contributed by atoms with Crippen LogP contribution in [0.5, 0.6) is 0 Å². The van der Waals surface area contributed by atoms with Gasteiger partial charge in [-0.1, -0.05) is 11.6 Å². The summed E-state index contributed by atoms with van der Waals surface area (Å²) in [6.45, 7) is -0.234. The Kier molecular flexibility index (Phi) is 4.63. The summed E-state index contributed by atoms with van der Waals surface area (Å²) in [4.78, 5) is 28.7. The van der Waals surface area contributed by atoms with Crippen molar-refractivity contribution >= 4 is 43.7 Å². The Morgan fingerprint density at radius 3 is 2.84 bits per heavy atom. The lowest BCUT2D eigenvalue weighted by molar-refractivity contribution is 0.0467. The molecule has 0 N–H and O–H groups in total. The van der Waals surface area contributed by atoms with E-state index in [1.54, 1.807) is 11.6 Å². The molecular weight excluding hydrogens is 388 g/mol. The van der Waals surface area contributed by atoms with Gasteiger partial charge < -0.3 is 4.74 Å². The number of hydrogen-bond donors (Lipinski definition) is 0. The lowest BCUT2D eigenvalue weighted by Gasteiger charge is -2.07. The molecule has 2 aromatic heterocycles. The highest BCUT2D eigenvalue weighted by molar-refractivity contribution is 7.90. The zero-order valence-electron chi connectivity index (χ0n) is 12.8. The van der Waals surface area contributed by atoms with Gasteiger partial charge >= 0.3 is 5.97 Å². The number of hydrogen-bond acceptors (Lipinski definition) is 7. The highest BCUT2D eigenvalue weighted by Gasteiger charge is 2.17. The van der Waals surface area contributed by atoms with Gasteiger partial charge in [0.2, 0.25) is 0 Å². The predicted octanol–water partition coefficient (Wildman–Crippen LogP) is 2.17. The van der Waals surface area contributed by atoms with Gasteiger partial charge in [-0.05, 0) is 18.2 Å². The molecule has 0 saturated carbocycles. The van der Waals surface area contributed by atoms with Crippen molar-refractivity contribution < 1.29 is 17.9 Å². The van der Waals surface area contributed by atoms with Crippen LogP contribution in [0.1, 0.15) is 16.1 Å². The zero-order valence-corrected chi connectivity index (χ0v) is 15.2. The number of carbonyl (C=O) groups is 1. The normalized spacial score (nSPS) is 11.6. The molecular formula is C15H11ClN2O5S2. The van der Waals surface area contributed by atoms with Crippen molar-refractivity contribution in [2.75, 3.05) is 6.26 Å². The number of aromatic nitrogens is 2. The van der Waals surface area contributed by atoms with Crippen LogP contribution in [0, 0.1) is 0 Å². The molecule has 10 heteroatoms. The third-order valence-electron chi connectivity index (χ3n) is 3.29. The van der Waals surface area contributed by atoms with E-state index in [1.807, 2.05) is 0 Å². The minimum atomic E-state index is -3.49. The zero-order chi connectivity index (χ0) is 18.2. The van der Waals surface area contributed by atoms with Gasteiger partial charge in [-0.15, -0.1) is 11.3 Å². The Morgan fingerprint density at radius 1 is 1.36 bits per heavy atom. The van der Waals surface area contributed by atoms with Crippen LogP contribution in [0.2, 0.25) is 5.02 Å². The van der Waals surface area contributed by atoms with Crippen molar-refractivity contribution in [3.63, 3.8) is 0 Å². The van der Waals surface area contributed by atoms with Crippen LogP contribution in [-0.4, -0.2) is 30.0 Å². The highest BCUT2D eigenvalue weighted by Crippen LogP contribution is 2.21. The van der Waals surface area contributed by atoms with Crippen LogP contribution in [0.4, 0.5) is 0 Å². The minimum Gasteiger partial charge on any atom is -0.456 e. The summed E-state index contributed by atoms with van der Waals surface area (Å²) in [6, 6.07) is 5.05. The van der Waals surface area contributed by atoms with E-state index in [0.29, 0.717) is 4.96 Å². The Labute approximate surface area is 151 Å². The summed E-state index contributed by atoms with van der Waals surface area (Å²) in [5, 5.41) is 1.79. The fraction of sp³-hybridized carbons (Fsp3) is 0.133. The van der Waals surface area contributed by atoms with Crippen molar-refractivity contribution in [3.05, 3.63) is 62.5 Å². The van der Waals surface area contributed by atoms with E-state index in [-0.39, 0.29) is 33.3 Å². The number of fused-ring (bicyclic) bond motifs is 1. The average Bonchev–Trinajstić information content (AvgIpc) is 3.01. The van der Waals surface area contributed by atoms with Crippen LogP contribution >= 0.6 is 22.9 Å². The average molecular weight is 399 g/mol. The van der Waals surface area contributed by atoms with E-state index < -0.39 is 15.8 Å². The molecule has 0 aliphatic carbocycles. The number of benzene rings is 1. The number of sulfone groups is 1. The van der Waals surface area contributed by atoms with Crippen LogP contribution in [-0.2, 0) is 21.2 Å². The molecule has 0 spiro atoms. The number of ether oxygens (including phenoxy) is 1. The number of thiazole rings is 1. The number of rotatable bonds is 4. The second-order valence-electron chi connectivity index (χ2n) is 5.13. The first kappa shape index (κ1) is 17.6.